The zero-order valence-corrected chi connectivity index (χ0v) is 14.7. The Bertz CT molecular complexity index is 855. The summed E-state index contributed by atoms with van der Waals surface area (Å²) < 4.78 is 1.93. The normalized spacial score (nSPS) is 22.8. The summed E-state index contributed by atoms with van der Waals surface area (Å²) in [6, 6.07) is 7.66. The fourth-order valence-corrected chi connectivity index (χ4v) is 3.86. The first-order valence-electron chi connectivity index (χ1n) is 8.98. The molecule has 26 heavy (non-hydrogen) atoms. The van der Waals surface area contributed by atoms with Crippen LogP contribution in [0.2, 0.25) is 0 Å². The maximum atomic E-state index is 12.6. The standard InChI is InChI=1S/C19H23N5O2/c1-23(15-6-7-16(19(15)26)24-11-10-20-12-24)18(25)9-8-17-21-13-4-2-3-5-14(13)22-17/h2-5,10-12,15-16,19,26H,6-9H2,1H3,(H,21,22)/t15-,16-,19-/m1/s1. The number of carbonyl (C=O) groups excluding carboxylic acids is 1. The van der Waals surface area contributed by atoms with Crippen molar-refractivity contribution in [2.75, 3.05) is 7.05 Å². The van der Waals surface area contributed by atoms with Gasteiger partial charge in [-0.05, 0) is 25.0 Å². The number of H-pyrrole nitrogens is 1. The average molecular weight is 353 g/mol. The lowest BCUT2D eigenvalue weighted by atomic mass is 10.1. The molecule has 1 aliphatic rings. The lowest BCUT2D eigenvalue weighted by molar-refractivity contribution is -0.133. The van der Waals surface area contributed by atoms with E-state index < -0.39 is 6.10 Å². The first kappa shape index (κ1) is 16.8. The van der Waals surface area contributed by atoms with Crippen LogP contribution in [0.15, 0.2) is 43.0 Å². The van der Waals surface area contributed by atoms with E-state index in [1.807, 2.05) is 35.0 Å². The monoisotopic (exact) mass is 353 g/mol. The van der Waals surface area contributed by atoms with Gasteiger partial charge >= 0.3 is 0 Å². The minimum atomic E-state index is -0.579. The highest BCUT2D eigenvalue weighted by molar-refractivity contribution is 5.77. The second kappa shape index (κ2) is 6.92. The second-order valence-corrected chi connectivity index (χ2v) is 6.92. The molecule has 1 amide bonds. The topological polar surface area (TPSA) is 87.0 Å². The summed E-state index contributed by atoms with van der Waals surface area (Å²) in [5.74, 6) is 0.844. The number of carbonyl (C=O) groups is 1. The van der Waals surface area contributed by atoms with Crippen molar-refractivity contribution in [3.8, 4) is 0 Å². The van der Waals surface area contributed by atoms with E-state index in [-0.39, 0.29) is 18.0 Å². The largest absolute Gasteiger partial charge is 0.389 e. The molecule has 2 aromatic heterocycles. The number of aromatic amines is 1. The number of benzene rings is 1. The average Bonchev–Trinajstić information content (AvgIpc) is 3.37. The second-order valence-electron chi connectivity index (χ2n) is 6.92. The van der Waals surface area contributed by atoms with Crippen LogP contribution in [0, 0.1) is 0 Å². The van der Waals surface area contributed by atoms with E-state index in [9.17, 15) is 9.90 Å². The van der Waals surface area contributed by atoms with Crippen molar-refractivity contribution in [1.29, 1.82) is 0 Å². The number of hydrogen-bond acceptors (Lipinski definition) is 4. The first-order chi connectivity index (χ1) is 12.6. The number of rotatable bonds is 5. The van der Waals surface area contributed by atoms with Crippen molar-refractivity contribution in [2.24, 2.45) is 0 Å². The summed E-state index contributed by atoms with van der Waals surface area (Å²) in [7, 11) is 1.78. The van der Waals surface area contributed by atoms with E-state index in [0.29, 0.717) is 12.8 Å². The lowest BCUT2D eigenvalue weighted by Gasteiger charge is -2.29. The van der Waals surface area contributed by atoms with Crippen molar-refractivity contribution < 1.29 is 9.90 Å². The maximum Gasteiger partial charge on any atom is 0.223 e. The van der Waals surface area contributed by atoms with Crippen molar-refractivity contribution in [3.05, 3.63) is 48.8 Å². The SMILES string of the molecule is CN(C(=O)CCc1nc2ccccc2[nH]1)[C@@H]1CC[C@@H](n2ccnc2)[C@@H]1O. The zero-order valence-electron chi connectivity index (χ0n) is 14.7. The number of aromatic nitrogens is 4. The van der Waals surface area contributed by atoms with Crippen LogP contribution in [0.25, 0.3) is 11.0 Å². The summed E-state index contributed by atoms with van der Waals surface area (Å²) in [5.41, 5.74) is 1.90. The molecule has 136 valence electrons. The fraction of sp³-hybridized carbons (Fsp3) is 0.421. The molecule has 1 fully saturated rings. The van der Waals surface area contributed by atoms with Crippen LogP contribution in [0.4, 0.5) is 0 Å². The predicted octanol–water partition coefficient (Wildman–Crippen LogP) is 1.91. The number of para-hydroxylation sites is 2. The molecule has 0 radical (unpaired) electrons. The van der Waals surface area contributed by atoms with Crippen LogP contribution >= 0.6 is 0 Å². The molecule has 0 aliphatic heterocycles. The van der Waals surface area contributed by atoms with Gasteiger partial charge in [-0.2, -0.15) is 0 Å². The quantitative estimate of drug-likeness (QED) is 0.734. The summed E-state index contributed by atoms with van der Waals surface area (Å²) in [6.45, 7) is 0. The Labute approximate surface area is 151 Å². The van der Waals surface area contributed by atoms with E-state index in [2.05, 4.69) is 15.0 Å². The number of hydrogen-bond donors (Lipinski definition) is 2. The van der Waals surface area contributed by atoms with Crippen LogP contribution in [-0.4, -0.2) is 54.6 Å². The predicted molar refractivity (Wildman–Crippen MR) is 97.5 cm³/mol. The molecule has 1 saturated carbocycles. The third-order valence-electron chi connectivity index (χ3n) is 5.36. The molecule has 0 spiro atoms. The lowest BCUT2D eigenvalue weighted by Crippen LogP contribution is -2.43. The summed E-state index contributed by atoms with van der Waals surface area (Å²) in [5, 5.41) is 10.7. The van der Waals surface area contributed by atoms with Gasteiger partial charge in [0.25, 0.3) is 0 Å². The van der Waals surface area contributed by atoms with Gasteiger partial charge in [-0.1, -0.05) is 12.1 Å². The van der Waals surface area contributed by atoms with Crippen LogP contribution in [-0.2, 0) is 11.2 Å². The van der Waals surface area contributed by atoms with Crippen LogP contribution in [0.1, 0.15) is 31.1 Å². The van der Waals surface area contributed by atoms with E-state index in [1.54, 1.807) is 24.5 Å². The highest BCUT2D eigenvalue weighted by Gasteiger charge is 2.39. The van der Waals surface area contributed by atoms with E-state index in [4.69, 9.17) is 0 Å². The molecule has 1 aromatic carbocycles. The molecule has 0 unspecified atom stereocenters. The van der Waals surface area contributed by atoms with Gasteiger partial charge in [-0.25, -0.2) is 9.97 Å². The molecule has 0 saturated heterocycles. The van der Waals surface area contributed by atoms with Crippen LogP contribution in [0.5, 0.6) is 0 Å². The van der Waals surface area contributed by atoms with Gasteiger partial charge in [0.15, 0.2) is 0 Å². The molecule has 2 N–H and O–H groups in total. The summed E-state index contributed by atoms with van der Waals surface area (Å²) >= 11 is 0. The van der Waals surface area contributed by atoms with Gasteiger partial charge in [-0.3, -0.25) is 4.79 Å². The van der Waals surface area contributed by atoms with Crippen molar-refractivity contribution >= 4 is 16.9 Å². The number of fused-ring (bicyclic) bond motifs is 1. The Morgan fingerprint density at radius 3 is 3.00 bits per heavy atom. The Morgan fingerprint density at radius 2 is 2.23 bits per heavy atom. The molecule has 7 nitrogen and oxygen atoms in total. The zero-order chi connectivity index (χ0) is 18.1. The van der Waals surface area contributed by atoms with Crippen molar-refractivity contribution in [3.63, 3.8) is 0 Å². The van der Waals surface area contributed by atoms with Crippen molar-refractivity contribution in [2.45, 2.75) is 43.9 Å². The van der Waals surface area contributed by atoms with E-state index in [0.717, 1.165) is 29.7 Å². The van der Waals surface area contributed by atoms with Gasteiger partial charge in [-0.15, -0.1) is 0 Å². The Morgan fingerprint density at radius 1 is 1.38 bits per heavy atom. The van der Waals surface area contributed by atoms with E-state index in [1.165, 1.54) is 0 Å². The Kier molecular flexibility index (Phi) is 4.46. The molecular weight excluding hydrogens is 330 g/mol. The molecule has 0 bridgehead atoms. The molecule has 3 atom stereocenters. The van der Waals surface area contributed by atoms with Gasteiger partial charge in [0.05, 0.1) is 35.5 Å². The number of likely N-dealkylation sites (N-methyl/N-ethyl adjacent to an activating group) is 1. The Balaban J connectivity index is 1.37. The highest BCUT2D eigenvalue weighted by Crippen LogP contribution is 2.33. The maximum absolute atomic E-state index is 12.6. The number of aliphatic hydroxyl groups excluding tert-OH is 1. The van der Waals surface area contributed by atoms with Crippen LogP contribution in [0.3, 0.4) is 0 Å². The number of imidazole rings is 2. The molecule has 1 aliphatic carbocycles. The number of aryl methyl sites for hydroxylation is 1. The third-order valence-corrected chi connectivity index (χ3v) is 5.36. The minimum Gasteiger partial charge on any atom is -0.389 e. The van der Waals surface area contributed by atoms with Gasteiger partial charge in [0.2, 0.25) is 5.91 Å². The molecular formula is C19H23N5O2. The Hall–Kier alpha value is -2.67. The molecule has 3 aromatic rings. The van der Waals surface area contributed by atoms with Gasteiger partial charge in [0, 0.05) is 32.3 Å². The first-order valence-corrected chi connectivity index (χ1v) is 8.98. The number of amides is 1. The molecule has 4 rings (SSSR count). The summed E-state index contributed by atoms with van der Waals surface area (Å²) in [6.07, 6.45) is 7.27. The smallest absolute Gasteiger partial charge is 0.223 e. The van der Waals surface area contributed by atoms with Gasteiger partial charge in [0.1, 0.15) is 5.82 Å². The number of aliphatic hydroxyl groups is 1. The fourth-order valence-electron chi connectivity index (χ4n) is 3.86. The highest BCUT2D eigenvalue weighted by atomic mass is 16.3. The van der Waals surface area contributed by atoms with Crippen molar-refractivity contribution in [1.82, 2.24) is 24.4 Å². The molecule has 7 heteroatoms. The molecule has 2 heterocycles. The number of nitrogens with zero attached hydrogens (tertiary/aromatic N) is 4. The van der Waals surface area contributed by atoms with Crippen LogP contribution < -0.4 is 0 Å². The number of nitrogens with one attached hydrogen (secondary N) is 1. The minimum absolute atomic E-state index is 0.0203. The van der Waals surface area contributed by atoms with E-state index >= 15 is 0 Å². The summed E-state index contributed by atoms with van der Waals surface area (Å²) in [4.78, 5) is 26.1. The van der Waals surface area contributed by atoms with Gasteiger partial charge < -0.3 is 19.6 Å². The third kappa shape index (κ3) is 3.10.